The number of anilines is 2. The molecular weight excluding hydrogens is 262 g/mol. The number of hydrogen-bond acceptors (Lipinski definition) is 3. The molecule has 1 aromatic carbocycles. The molecule has 0 aliphatic carbocycles. The van der Waals surface area contributed by atoms with Crippen LogP contribution in [-0.2, 0) is 6.42 Å². The van der Waals surface area contributed by atoms with Gasteiger partial charge in [0.15, 0.2) is 0 Å². The van der Waals surface area contributed by atoms with Crippen LogP contribution in [-0.4, -0.2) is 16.9 Å². The zero-order chi connectivity index (χ0) is 15.2. The molecular formula is C17H21N3O. The molecule has 1 aromatic heterocycles. The second kappa shape index (κ2) is 6.88. The number of hydrogen-bond donors (Lipinski definition) is 2. The first kappa shape index (κ1) is 15.0. The zero-order valence-corrected chi connectivity index (χ0v) is 12.7. The molecule has 0 atom stereocenters. The summed E-state index contributed by atoms with van der Waals surface area (Å²) in [5.41, 5.74) is 3.32. The van der Waals surface area contributed by atoms with Crippen molar-refractivity contribution in [2.24, 2.45) is 0 Å². The van der Waals surface area contributed by atoms with Crippen LogP contribution in [0.15, 0.2) is 42.6 Å². The highest BCUT2D eigenvalue weighted by Gasteiger charge is 2.08. The summed E-state index contributed by atoms with van der Waals surface area (Å²) in [4.78, 5) is 16.3. The fourth-order valence-electron chi connectivity index (χ4n) is 2.00. The Balaban J connectivity index is 2.08. The highest BCUT2D eigenvalue weighted by molar-refractivity contribution is 6.03. The van der Waals surface area contributed by atoms with E-state index in [1.54, 1.807) is 12.3 Å². The zero-order valence-electron chi connectivity index (χ0n) is 12.7. The summed E-state index contributed by atoms with van der Waals surface area (Å²) in [6.07, 6.45) is 2.62. The Morgan fingerprint density at radius 1 is 1.14 bits per heavy atom. The molecule has 0 saturated carbocycles. The van der Waals surface area contributed by atoms with E-state index in [1.165, 1.54) is 5.56 Å². The van der Waals surface area contributed by atoms with E-state index in [9.17, 15) is 4.79 Å². The highest BCUT2D eigenvalue weighted by atomic mass is 16.1. The van der Waals surface area contributed by atoms with E-state index in [-0.39, 0.29) is 5.91 Å². The maximum atomic E-state index is 12.2. The van der Waals surface area contributed by atoms with Crippen LogP contribution in [0.2, 0.25) is 0 Å². The van der Waals surface area contributed by atoms with Crippen LogP contribution in [0.25, 0.3) is 0 Å². The van der Waals surface area contributed by atoms with E-state index in [1.807, 2.05) is 30.3 Å². The van der Waals surface area contributed by atoms with Crippen LogP contribution in [0.3, 0.4) is 0 Å². The average Bonchev–Trinajstić information content (AvgIpc) is 2.47. The van der Waals surface area contributed by atoms with Crippen LogP contribution in [0, 0.1) is 0 Å². The predicted octanol–water partition coefficient (Wildman–Crippen LogP) is 3.72. The number of carbonyl (C=O) groups is 1. The Hall–Kier alpha value is -2.36. The van der Waals surface area contributed by atoms with Crippen molar-refractivity contribution in [2.45, 2.75) is 33.2 Å². The normalized spacial score (nSPS) is 10.5. The van der Waals surface area contributed by atoms with E-state index in [0.29, 0.717) is 11.7 Å². The molecule has 110 valence electrons. The summed E-state index contributed by atoms with van der Waals surface area (Å²) in [5, 5.41) is 6.12. The molecule has 2 aromatic rings. The van der Waals surface area contributed by atoms with Crippen molar-refractivity contribution in [2.75, 3.05) is 10.6 Å². The van der Waals surface area contributed by atoms with Gasteiger partial charge in [0.25, 0.3) is 5.91 Å². The summed E-state index contributed by atoms with van der Waals surface area (Å²) >= 11 is 0. The quantitative estimate of drug-likeness (QED) is 0.879. The lowest BCUT2D eigenvalue weighted by molar-refractivity contribution is 0.102. The largest absolute Gasteiger partial charge is 0.383 e. The van der Waals surface area contributed by atoms with Gasteiger partial charge in [-0.25, -0.2) is 0 Å². The monoisotopic (exact) mass is 283 g/mol. The Kier molecular flexibility index (Phi) is 4.93. The number of aryl methyl sites for hydroxylation is 1. The van der Waals surface area contributed by atoms with E-state index >= 15 is 0 Å². The van der Waals surface area contributed by atoms with Gasteiger partial charge in [-0.2, -0.15) is 0 Å². The molecule has 0 saturated heterocycles. The maximum Gasteiger partial charge on any atom is 0.274 e. The Bertz CT molecular complexity index is 606. The SMILES string of the molecule is CCc1ccc(NC(=O)c2cc(NC(C)C)ccn2)cc1. The molecule has 0 spiro atoms. The molecule has 4 heteroatoms. The van der Waals surface area contributed by atoms with Gasteiger partial charge < -0.3 is 10.6 Å². The third kappa shape index (κ3) is 4.31. The maximum absolute atomic E-state index is 12.2. The molecule has 2 N–H and O–H groups in total. The molecule has 21 heavy (non-hydrogen) atoms. The molecule has 0 radical (unpaired) electrons. The molecule has 0 aliphatic heterocycles. The fraction of sp³-hybridized carbons (Fsp3) is 0.294. The number of carbonyl (C=O) groups excluding carboxylic acids is 1. The molecule has 0 fully saturated rings. The van der Waals surface area contributed by atoms with Gasteiger partial charge in [0, 0.05) is 23.6 Å². The van der Waals surface area contributed by atoms with Gasteiger partial charge in [-0.05, 0) is 50.1 Å². The van der Waals surface area contributed by atoms with Gasteiger partial charge in [-0.1, -0.05) is 19.1 Å². The van der Waals surface area contributed by atoms with Crippen molar-refractivity contribution in [1.29, 1.82) is 0 Å². The predicted molar refractivity (Wildman–Crippen MR) is 86.8 cm³/mol. The van der Waals surface area contributed by atoms with Crippen LogP contribution >= 0.6 is 0 Å². The van der Waals surface area contributed by atoms with Crippen molar-refractivity contribution in [3.63, 3.8) is 0 Å². The van der Waals surface area contributed by atoms with Gasteiger partial charge in [-0.15, -0.1) is 0 Å². The van der Waals surface area contributed by atoms with Gasteiger partial charge in [0.05, 0.1) is 0 Å². The second-order valence-corrected chi connectivity index (χ2v) is 5.23. The smallest absolute Gasteiger partial charge is 0.274 e. The number of benzene rings is 1. The summed E-state index contributed by atoms with van der Waals surface area (Å²) in [5.74, 6) is -0.202. The molecule has 1 heterocycles. The van der Waals surface area contributed by atoms with Crippen molar-refractivity contribution < 1.29 is 4.79 Å². The summed E-state index contributed by atoms with van der Waals surface area (Å²) in [7, 11) is 0. The van der Waals surface area contributed by atoms with Crippen molar-refractivity contribution >= 4 is 17.3 Å². The minimum Gasteiger partial charge on any atom is -0.383 e. The Labute approximate surface area is 125 Å². The standard InChI is InChI=1S/C17H21N3O/c1-4-13-5-7-14(8-6-13)20-17(21)16-11-15(9-10-18-16)19-12(2)3/h5-12H,4H2,1-3H3,(H,18,19)(H,20,21). The lowest BCUT2D eigenvalue weighted by Crippen LogP contribution is -2.15. The lowest BCUT2D eigenvalue weighted by Gasteiger charge is -2.11. The average molecular weight is 283 g/mol. The van der Waals surface area contributed by atoms with Gasteiger partial charge in [0.2, 0.25) is 0 Å². The number of nitrogens with one attached hydrogen (secondary N) is 2. The van der Waals surface area contributed by atoms with Crippen LogP contribution in [0.5, 0.6) is 0 Å². The van der Waals surface area contributed by atoms with E-state index < -0.39 is 0 Å². The fourth-order valence-corrected chi connectivity index (χ4v) is 2.00. The third-order valence-corrected chi connectivity index (χ3v) is 3.07. The molecule has 1 amide bonds. The van der Waals surface area contributed by atoms with Gasteiger partial charge in [-0.3, -0.25) is 9.78 Å². The number of amides is 1. The molecule has 4 nitrogen and oxygen atoms in total. The van der Waals surface area contributed by atoms with E-state index in [4.69, 9.17) is 0 Å². The second-order valence-electron chi connectivity index (χ2n) is 5.23. The van der Waals surface area contributed by atoms with Crippen LogP contribution in [0.1, 0.15) is 36.8 Å². The lowest BCUT2D eigenvalue weighted by atomic mass is 10.1. The minimum atomic E-state index is -0.202. The number of aromatic nitrogens is 1. The number of pyridine rings is 1. The molecule has 0 bridgehead atoms. The van der Waals surface area contributed by atoms with E-state index in [0.717, 1.165) is 17.8 Å². The summed E-state index contributed by atoms with van der Waals surface area (Å²) in [6, 6.07) is 11.8. The first-order valence-electron chi connectivity index (χ1n) is 7.21. The number of nitrogens with zero attached hydrogens (tertiary/aromatic N) is 1. The van der Waals surface area contributed by atoms with Gasteiger partial charge >= 0.3 is 0 Å². The van der Waals surface area contributed by atoms with Crippen molar-refractivity contribution in [3.05, 3.63) is 53.9 Å². The van der Waals surface area contributed by atoms with Crippen molar-refractivity contribution in [1.82, 2.24) is 4.98 Å². The summed E-state index contributed by atoms with van der Waals surface area (Å²) in [6.45, 7) is 6.20. The number of rotatable bonds is 5. The Morgan fingerprint density at radius 3 is 2.48 bits per heavy atom. The van der Waals surface area contributed by atoms with Crippen LogP contribution in [0.4, 0.5) is 11.4 Å². The van der Waals surface area contributed by atoms with E-state index in [2.05, 4.69) is 36.4 Å². The van der Waals surface area contributed by atoms with Crippen molar-refractivity contribution in [3.8, 4) is 0 Å². The first-order chi connectivity index (χ1) is 10.1. The van der Waals surface area contributed by atoms with Gasteiger partial charge in [0.1, 0.15) is 5.69 Å². The highest BCUT2D eigenvalue weighted by Crippen LogP contribution is 2.13. The van der Waals surface area contributed by atoms with Crippen LogP contribution < -0.4 is 10.6 Å². The third-order valence-electron chi connectivity index (χ3n) is 3.07. The summed E-state index contributed by atoms with van der Waals surface area (Å²) < 4.78 is 0. The molecule has 2 rings (SSSR count). The topological polar surface area (TPSA) is 54.0 Å². The molecule has 0 aliphatic rings. The Morgan fingerprint density at radius 2 is 1.86 bits per heavy atom. The molecule has 0 unspecified atom stereocenters. The first-order valence-corrected chi connectivity index (χ1v) is 7.21. The minimum absolute atomic E-state index is 0.202.